The Morgan fingerprint density at radius 1 is 1.07 bits per heavy atom. The van der Waals surface area contributed by atoms with Crippen LogP contribution in [0.3, 0.4) is 0 Å². The fourth-order valence-corrected chi connectivity index (χ4v) is 5.15. The average Bonchev–Trinajstić information content (AvgIpc) is 3.26. The van der Waals surface area contributed by atoms with Crippen molar-refractivity contribution in [2.45, 2.75) is 50.1 Å². The number of anilines is 1. The maximum atomic E-state index is 13.1. The van der Waals surface area contributed by atoms with Crippen LogP contribution >= 0.6 is 23.2 Å². The molecule has 1 aromatic rings. The van der Waals surface area contributed by atoms with Gasteiger partial charge < -0.3 is 15.5 Å². The highest BCUT2D eigenvalue weighted by molar-refractivity contribution is 6.35. The third-order valence-electron chi connectivity index (χ3n) is 6.17. The van der Waals surface area contributed by atoms with Gasteiger partial charge in [0, 0.05) is 28.2 Å². The van der Waals surface area contributed by atoms with Crippen molar-refractivity contribution < 1.29 is 19.2 Å². The topological polar surface area (TPSA) is 108 Å². The molecule has 2 aliphatic heterocycles. The molecule has 1 atom stereocenters. The Bertz CT molecular complexity index is 894. The number of carbonyl (C=O) groups excluding carboxylic acids is 4. The van der Waals surface area contributed by atoms with Crippen molar-refractivity contribution in [2.75, 3.05) is 11.9 Å². The van der Waals surface area contributed by atoms with Gasteiger partial charge in [-0.2, -0.15) is 0 Å². The average molecular weight is 453 g/mol. The van der Waals surface area contributed by atoms with Crippen molar-refractivity contribution in [3.8, 4) is 0 Å². The van der Waals surface area contributed by atoms with E-state index in [0.29, 0.717) is 54.4 Å². The first-order valence-electron chi connectivity index (χ1n) is 9.98. The molecule has 3 N–H and O–H groups in total. The smallest absolute Gasteiger partial charge is 0.322 e. The van der Waals surface area contributed by atoms with Crippen molar-refractivity contribution in [1.82, 2.24) is 15.5 Å². The lowest BCUT2D eigenvalue weighted by atomic mass is 9.76. The SMILES string of the molecule is O=C1NC(=O)C2(CCC(C(=O)N3CCCC3C(=O)Nc3cc(Cl)cc(Cl)c3)CC2)N1. The van der Waals surface area contributed by atoms with Gasteiger partial charge in [-0.1, -0.05) is 23.2 Å². The van der Waals surface area contributed by atoms with Crippen LogP contribution in [0.4, 0.5) is 10.5 Å². The predicted molar refractivity (Wildman–Crippen MR) is 111 cm³/mol. The van der Waals surface area contributed by atoms with Gasteiger partial charge in [0.2, 0.25) is 11.8 Å². The first-order valence-corrected chi connectivity index (χ1v) is 10.7. The van der Waals surface area contributed by atoms with Crippen LogP contribution < -0.4 is 16.0 Å². The van der Waals surface area contributed by atoms with Crippen molar-refractivity contribution in [2.24, 2.45) is 5.92 Å². The van der Waals surface area contributed by atoms with Gasteiger partial charge in [-0.15, -0.1) is 0 Å². The molecule has 1 aromatic carbocycles. The number of nitrogens with one attached hydrogen (secondary N) is 3. The highest BCUT2D eigenvalue weighted by Crippen LogP contribution is 2.36. The molecule has 5 amide bonds. The van der Waals surface area contributed by atoms with E-state index in [-0.39, 0.29) is 23.6 Å². The molecule has 2 saturated heterocycles. The lowest BCUT2D eigenvalue weighted by Gasteiger charge is -2.36. The van der Waals surface area contributed by atoms with E-state index in [1.807, 2.05) is 0 Å². The third kappa shape index (κ3) is 3.98. The molecule has 1 spiro atoms. The van der Waals surface area contributed by atoms with E-state index in [1.165, 1.54) is 0 Å². The summed E-state index contributed by atoms with van der Waals surface area (Å²) in [5.74, 6) is -0.933. The molecular weight excluding hydrogens is 431 g/mol. The second-order valence-electron chi connectivity index (χ2n) is 8.10. The number of rotatable bonds is 3. The van der Waals surface area contributed by atoms with Crippen molar-refractivity contribution in [3.05, 3.63) is 28.2 Å². The Hall–Kier alpha value is -2.32. The number of halogens is 2. The minimum absolute atomic E-state index is 0.0728. The Morgan fingerprint density at radius 3 is 2.33 bits per heavy atom. The minimum Gasteiger partial charge on any atom is -0.330 e. The fourth-order valence-electron chi connectivity index (χ4n) is 4.63. The third-order valence-corrected chi connectivity index (χ3v) is 6.61. The van der Waals surface area contributed by atoms with E-state index in [2.05, 4.69) is 16.0 Å². The van der Waals surface area contributed by atoms with Gasteiger partial charge in [-0.05, 0) is 56.7 Å². The van der Waals surface area contributed by atoms with Crippen LogP contribution in [0.15, 0.2) is 18.2 Å². The second-order valence-corrected chi connectivity index (χ2v) is 8.97. The first-order chi connectivity index (χ1) is 14.3. The molecule has 1 unspecified atom stereocenters. The van der Waals surface area contributed by atoms with E-state index in [1.54, 1.807) is 23.1 Å². The van der Waals surface area contributed by atoms with Gasteiger partial charge in [-0.3, -0.25) is 19.7 Å². The summed E-state index contributed by atoms with van der Waals surface area (Å²) in [6.45, 7) is 0.520. The van der Waals surface area contributed by atoms with Gasteiger partial charge in [0.05, 0.1) is 0 Å². The number of nitrogens with zero attached hydrogens (tertiary/aromatic N) is 1. The number of hydrogen-bond donors (Lipinski definition) is 3. The van der Waals surface area contributed by atoms with Crippen LogP contribution in [0.25, 0.3) is 0 Å². The molecule has 3 aliphatic rings. The summed E-state index contributed by atoms with van der Waals surface area (Å²) in [7, 11) is 0. The summed E-state index contributed by atoms with van der Waals surface area (Å²) < 4.78 is 0. The highest BCUT2D eigenvalue weighted by Gasteiger charge is 2.50. The summed E-state index contributed by atoms with van der Waals surface area (Å²) in [6, 6.07) is 3.75. The van der Waals surface area contributed by atoms with E-state index in [4.69, 9.17) is 23.2 Å². The van der Waals surface area contributed by atoms with Crippen LogP contribution in [0.2, 0.25) is 10.0 Å². The Kier molecular flexibility index (Phi) is 5.63. The number of imide groups is 1. The summed E-state index contributed by atoms with van der Waals surface area (Å²) in [4.78, 5) is 51.2. The molecule has 1 aliphatic carbocycles. The second kappa shape index (κ2) is 8.07. The molecule has 0 bridgehead atoms. The number of amides is 5. The number of likely N-dealkylation sites (tertiary alicyclic amines) is 1. The maximum Gasteiger partial charge on any atom is 0.322 e. The molecule has 0 aromatic heterocycles. The highest BCUT2D eigenvalue weighted by atomic mass is 35.5. The zero-order valence-corrected chi connectivity index (χ0v) is 17.7. The van der Waals surface area contributed by atoms with E-state index in [9.17, 15) is 19.2 Å². The van der Waals surface area contributed by atoms with Gasteiger partial charge in [0.25, 0.3) is 5.91 Å². The number of hydrogen-bond acceptors (Lipinski definition) is 4. The molecule has 0 radical (unpaired) electrons. The Balaban J connectivity index is 1.39. The van der Waals surface area contributed by atoms with Crippen LogP contribution in [-0.2, 0) is 14.4 Å². The van der Waals surface area contributed by atoms with E-state index in [0.717, 1.165) is 6.42 Å². The monoisotopic (exact) mass is 452 g/mol. The summed E-state index contributed by atoms with van der Waals surface area (Å²) >= 11 is 12.0. The Labute approximate surface area is 183 Å². The number of urea groups is 1. The molecular formula is C20H22Cl2N4O4. The molecule has 10 heteroatoms. The summed E-state index contributed by atoms with van der Waals surface area (Å²) in [5.41, 5.74) is -0.416. The largest absolute Gasteiger partial charge is 0.330 e. The summed E-state index contributed by atoms with van der Waals surface area (Å²) in [5, 5.41) is 8.60. The molecule has 160 valence electrons. The van der Waals surface area contributed by atoms with Crippen LogP contribution in [0.5, 0.6) is 0 Å². The molecule has 8 nitrogen and oxygen atoms in total. The molecule has 1 saturated carbocycles. The van der Waals surface area contributed by atoms with Gasteiger partial charge in [-0.25, -0.2) is 4.79 Å². The van der Waals surface area contributed by atoms with Crippen LogP contribution in [-0.4, -0.2) is 46.8 Å². The van der Waals surface area contributed by atoms with Crippen molar-refractivity contribution in [3.63, 3.8) is 0 Å². The minimum atomic E-state index is -0.901. The molecule has 30 heavy (non-hydrogen) atoms. The Morgan fingerprint density at radius 2 is 1.73 bits per heavy atom. The zero-order valence-electron chi connectivity index (χ0n) is 16.2. The zero-order chi connectivity index (χ0) is 21.5. The predicted octanol–water partition coefficient (Wildman–Crippen LogP) is 2.69. The van der Waals surface area contributed by atoms with E-state index >= 15 is 0 Å². The lowest BCUT2D eigenvalue weighted by molar-refractivity contribution is -0.142. The first kappa shape index (κ1) is 20.9. The van der Waals surface area contributed by atoms with E-state index < -0.39 is 17.6 Å². The van der Waals surface area contributed by atoms with Crippen molar-refractivity contribution >= 4 is 52.6 Å². The number of benzene rings is 1. The fraction of sp³-hybridized carbons (Fsp3) is 0.500. The van der Waals surface area contributed by atoms with Crippen molar-refractivity contribution in [1.29, 1.82) is 0 Å². The molecule has 3 fully saturated rings. The maximum absolute atomic E-state index is 13.1. The van der Waals surface area contributed by atoms with Crippen LogP contribution in [0, 0.1) is 5.92 Å². The van der Waals surface area contributed by atoms with Gasteiger partial charge in [0.1, 0.15) is 11.6 Å². The molecule has 4 rings (SSSR count). The quantitative estimate of drug-likeness (QED) is 0.612. The standard InChI is InChI=1S/C20H22Cl2N4O4/c21-12-8-13(22)10-14(9-12)23-16(27)15-2-1-7-26(15)17(28)11-3-5-20(6-4-11)18(29)24-19(30)25-20/h8-11,15H,1-7H2,(H,23,27)(H2,24,25,29,30). The lowest BCUT2D eigenvalue weighted by Crippen LogP contribution is -2.52. The van der Waals surface area contributed by atoms with Crippen LogP contribution in [0.1, 0.15) is 38.5 Å². The molecule has 2 heterocycles. The summed E-state index contributed by atoms with van der Waals surface area (Å²) in [6.07, 6.45) is 3.12. The normalized spacial score (nSPS) is 28.4. The number of carbonyl (C=O) groups is 4. The van der Waals surface area contributed by atoms with Gasteiger partial charge in [0.15, 0.2) is 0 Å². The van der Waals surface area contributed by atoms with Gasteiger partial charge >= 0.3 is 6.03 Å².